The smallest absolute Gasteiger partial charge is 0.410 e. The van der Waals surface area contributed by atoms with Crippen molar-refractivity contribution < 1.29 is 14.6 Å². The molecule has 1 aliphatic heterocycles. The number of phenolic OH excluding ortho intramolecular Hbond substituents is 1. The van der Waals surface area contributed by atoms with E-state index in [-0.39, 0.29) is 6.09 Å². The molecule has 1 aliphatic rings. The number of aromatic nitrogens is 1. The van der Waals surface area contributed by atoms with Crippen LogP contribution in [0.15, 0.2) is 42.6 Å². The van der Waals surface area contributed by atoms with E-state index < -0.39 is 5.60 Å². The molecule has 0 aliphatic carbocycles. The van der Waals surface area contributed by atoms with Gasteiger partial charge in [-0.1, -0.05) is 24.3 Å². The highest BCUT2D eigenvalue weighted by molar-refractivity contribution is 5.68. The molecule has 1 amide bonds. The predicted octanol–water partition coefficient (Wildman–Crippen LogP) is 3.44. The van der Waals surface area contributed by atoms with Crippen molar-refractivity contribution in [1.82, 2.24) is 9.88 Å². The average molecular weight is 369 g/mol. The van der Waals surface area contributed by atoms with Crippen molar-refractivity contribution in [2.24, 2.45) is 0 Å². The summed E-state index contributed by atoms with van der Waals surface area (Å²) in [5, 5.41) is 9.90. The minimum Gasteiger partial charge on any atom is -0.508 e. The molecule has 2 aromatic rings. The second-order valence-electron chi connectivity index (χ2n) is 7.78. The monoisotopic (exact) mass is 369 g/mol. The van der Waals surface area contributed by atoms with E-state index in [4.69, 9.17) is 4.74 Å². The summed E-state index contributed by atoms with van der Waals surface area (Å²) in [7, 11) is 0. The zero-order valence-corrected chi connectivity index (χ0v) is 16.2. The Kier molecular flexibility index (Phi) is 5.54. The van der Waals surface area contributed by atoms with Crippen molar-refractivity contribution in [3.05, 3.63) is 53.7 Å². The van der Waals surface area contributed by atoms with Crippen LogP contribution < -0.4 is 4.90 Å². The Morgan fingerprint density at radius 1 is 1.11 bits per heavy atom. The van der Waals surface area contributed by atoms with E-state index in [1.54, 1.807) is 11.0 Å². The third-order valence-electron chi connectivity index (χ3n) is 4.45. The Balaban J connectivity index is 1.56. The van der Waals surface area contributed by atoms with Crippen LogP contribution in [0.1, 0.15) is 31.9 Å². The quantitative estimate of drug-likeness (QED) is 0.898. The summed E-state index contributed by atoms with van der Waals surface area (Å²) in [4.78, 5) is 20.6. The van der Waals surface area contributed by atoms with E-state index in [9.17, 15) is 9.90 Å². The van der Waals surface area contributed by atoms with Gasteiger partial charge in [-0.3, -0.25) is 0 Å². The Labute approximate surface area is 160 Å². The number of phenols is 1. The van der Waals surface area contributed by atoms with Crippen LogP contribution in [0.5, 0.6) is 5.75 Å². The first kappa shape index (κ1) is 19.0. The van der Waals surface area contributed by atoms with Crippen molar-refractivity contribution in [3.8, 4) is 5.75 Å². The SMILES string of the molecule is CC(C)(C)OC(=O)N1CCN(c2ccc(Cc3ccccc3O)cn2)CC1. The fraction of sp³-hybridized carbons (Fsp3) is 0.429. The number of hydrogen-bond donors (Lipinski definition) is 1. The van der Waals surface area contributed by atoms with Gasteiger partial charge in [0.25, 0.3) is 0 Å². The van der Waals surface area contributed by atoms with Crippen LogP contribution >= 0.6 is 0 Å². The Hall–Kier alpha value is -2.76. The van der Waals surface area contributed by atoms with Crippen molar-refractivity contribution in [1.29, 1.82) is 0 Å². The fourth-order valence-corrected chi connectivity index (χ4v) is 3.03. The third-order valence-corrected chi connectivity index (χ3v) is 4.45. The second-order valence-corrected chi connectivity index (χ2v) is 7.78. The van der Waals surface area contributed by atoms with Gasteiger partial charge in [-0.25, -0.2) is 9.78 Å². The third kappa shape index (κ3) is 5.12. The van der Waals surface area contributed by atoms with E-state index >= 15 is 0 Å². The molecule has 1 aromatic heterocycles. The number of carbonyl (C=O) groups excluding carboxylic acids is 1. The summed E-state index contributed by atoms with van der Waals surface area (Å²) >= 11 is 0. The highest BCUT2D eigenvalue weighted by Gasteiger charge is 2.26. The molecule has 0 saturated carbocycles. The number of rotatable bonds is 3. The fourth-order valence-electron chi connectivity index (χ4n) is 3.03. The Morgan fingerprint density at radius 2 is 1.81 bits per heavy atom. The first-order chi connectivity index (χ1) is 12.8. The maximum Gasteiger partial charge on any atom is 0.410 e. The number of nitrogens with zero attached hydrogens (tertiary/aromatic N) is 3. The van der Waals surface area contributed by atoms with E-state index in [1.165, 1.54) is 0 Å². The van der Waals surface area contributed by atoms with Crippen molar-refractivity contribution in [2.45, 2.75) is 32.8 Å². The maximum absolute atomic E-state index is 12.2. The minimum atomic E-state index is -0.473. The summed E-state index contributed by atoms with van der Waals surface area (Å²) in [6.45, 7) is 8.33. The van der Waals surface area contributed by atoms with Gasteiger partial charge in [-0.15, -0.1) is 0 Å². The lowest BCUT2D eigenvalue weighted by Crippen LogP contribution is -2.50. The van der Waals surface area contributed by atoms with Crippen LogP contribution in [0, 0.1) is 0 Å². The lowest BCUT2D eigenvalue weighted by Gasteiger charge is -2.36. The molecule has 6 nitrogen and oxygen atoms in total. The topological polar surface area (TPSA) is 65.9 Å². The standard InChI is InChI=1S/C21H27N3O3/c1-21(2,3)27-20(26)24-12-10-23(11-13-24)19-9-8-16(15-22-19)14-17-6-4-5-7-18(17)25/h4-9,15,25H,10-14H2,1-3H3. The molecule has 0 atom stereocenters. The largest absolute Gasteiger partial charge is 0.508 e. The van der Waals surface area contributed by atoms with Gasteiger partial charge < -0.3 is 19.6 Å². The van der Waals surface area contributed by atoms with Crippen LogP contribution in [0.4, 0.5) is 10.6 Å². The van der Waals surface area contributed by atoms with Crippen LogP contribution in [-0.2, 0) is 11.2 Å². The summed E-state index contributed by atoms with van der Waals surface area (Å²) in [6, 6.07) is 11.4. The van der Waals surface area contributed by atoms with Gasteiger partial charge >= 0.3 is 6.09 Å². The molecule has 0 radical (unpaired) electrons. The Morgan fingerprint density at radius 3 is 2.41 bits per heavy atom. The van der Waals surface area contributed by atoms with E-state index in [0.717, 1.165) is 30.0 Å². The molecule has 2 heterocycles. The molecular formula is C21H27N3O3. The molecule has 1 N–H and O–H groups in total. The minimum absolute atomic E-state index is 0.256. The first-order valence-electron chi connectivity index (χ1n) is 9.26. The lowest BCUT2D eigenvalue weighted by atomic mass is 10.1. The molecule has 6 heteroatoms. The number of aromatic hydroxyl groups is 1. The highest BCUT2D eigenvalue weighted by atomic mass is 16.6. The summed E-state index contributed by atoms with van der Waals surface area (Å²) in [5.74, 6) is 1.21. The number of hydrogen-bond acceptors (Lipinski definition) is 5. The highest BCUT2D eigenvalue weighted by Crippen LogP contribution is 2.21. The van der Waals surface area contributed by atoms with Gasteiger partial charge in [0.1, 0.15) is 17.2 Å². The normalized spacial score (nSPS) is 14.9. The lowest BCUT2D eigenvalue weighted by molar-refractivity contribution is 0.0240. The van der Waals surface area contributed by atoms with Crippen LogP contribution in [-0.4, -0.2) is 52.9 Å². The first-order valence-corrected chi connectivity index (χ1v) is 9.26. The number of piperazine rings is 1. The number of benzene rings is 1. The van der Waals surface area contributed by atoms with E-state index in [1.807, 2.05) is 57.3 Å². The molecule has 144 valence electrons. The molecular weight excluding hydrogens is 342 g/mol. The Bertz CT molecular complexity index is 776. The van der Waals surface area contributed by atoms with Gasteiger partial charge in [0.15, 0.2) is 0 Å². The molecule has 0 bridgehead atoms. The number of anilines is 1. The number of carbonyl (C=O) groups is 1. The van der Waals surface area contributed by atoms with Gasteiger partial charge in [0.05, 0.1) is 0 Å². The van der Waals surface area contributed by atoms with Gasteiger partial charge in [0, 0.05) is 38.8 Å². The number of ether oxygens (including phenoxy) is 1. The van der Waals surface area contributed by atoms with Crippen LogP contribution in [0.25, 0.3) is 0 Å². The van der Waals surface area contributed by atoms with E-state index in [0.29, 0.717) is 25.3 Å². The summed E-state index contributed by atoms with van der Waals surface area (Å²) in [5.41, 5.74) is 1.46. The summed E-state index contributed by atoms with van der Waals surface area (Å²) < 4.78 is 5.43. The molecule has 1 aromatic carbocycles. The predicted molar refractivity (Wildman–Crippen MR) is 105 cm³/mol. The van der Waals surface area contributed by atoms with Gasteiger partial charge in [0.2, 0.25) is 0 Å². The molecule has 1 saturated heterocycles. The molecule has 27 heavy (non-hydrogen) atoms. The maximum atomic E-state index is 12.2. The molecule has 0 spiro atoms. The van der Waals surface area contributed by atoms with Crippen molar-refractivity contribution in [3.63, 3.8) is 0 Å². The number of amides is 1. The van der Waals surface area contributed by atoms with Crippen molar-refractivity contribution in [2.75, 3.05) is 31.1 Å². The number of pyridine rings is 1. The molecule has 1 fully saturated rings. The average Bonchev–Trinajstić information content (AvgIpc) is 2.63. The zero-order chi connectivity index (χ0) is 19.4. The van der Waals surface area contributed by atoms with Gasteiger partial charge in [-0.05, 0) is 44.0 Å². The zero-order valence-electron chi connectivity index (χ0n) is 16.2. The second kappa shape index (κ2) is 7.86. The summed E-state index contributed by atoms with van der Waals surface area (Å²) in [6.07, 6.45) is 2.24. The molecule has 3 rings (SSSR count). The molecule has 0 unspecified atom stereocenters. The van der Waals surface area contributed by atoms with Crippen molar-refractivity contribution >= 4 is 11.9 Å². The van der Waals surface area contributed by atoms with Crippen LogP contribution in [0.3, 0.4) is 0 Å². The number of para-hydroxylation sites is 1. The van der Waals surface area contributed by atoms with Gasteiger partial charge in [-0.2, -0.15) is 0 Å². The van der Waals surface area contributed by atoms with E-state index in [2.05, 4.69) is 9.88 Å². The van der Waals surface area contributed by atoms with Crippen LogP contribution in [0.2, 0.25) is 0 Å².